The van der Waals surface area contributed by atoms with Crippen molar-refractivity contribution < 1.29 is 4.74 Å². The summed E-state index contributed by atoms with van der Waals surface area (Å²) < 4.78 is 6.67. The molecule has 1 spiro atoms. The van der Waals surface area contributed by atoms with Crippen molar-refractivity contribution >= 4 is 17.1 Å². The van der Waals surface area contributed by atoms with Crippen molar-refractivity contribution in [1.82, 2.24) is 0 Å². The van der Waals surface area contributed by atoms with Crippen LogP contribution in [0.4, 0.5) is 17.1 Å². The number of hydrogen-bond donors (Lipinski definition) is 0. The van der Waals surface area contributed by atoms with E-state index in [9.17, 15) is 0 Å². The zero-order chi connectivity index (χ0) is 42.2. The summed E-state index contributed by atoms with van der Waals surface area (Å²) in [4.78, 5) is 2.45. The van der Waals surface area contributed by atoms with Crippen LogP contribution in [0.3, 0.4) is 0 Å². The molecule has 2 heteroatoms. The van der Waals surface area contributed by atoms with Crippen molar-refractivity contribution in [2.75, 3.05) is 4.90 Å². The van der Waals surface area contributed by atoms with Crippen LogP contribution in [-0.4, -0.2) is 0 Å². The van der Waals surface area contributed by atoms with Gasteiger partial charge in [0, 0.05) is 28.1 Å². The highest BCUT2D eigenvalue weighted by atomic mass is 16.5. The van der Waals surface area contributed by atoms with Crippen LogP contribution in [0.15, 0.2) is 249 Å². The van der Waals surface area contributed by atoms with Gasteiger partial charge in [-0.3, -0.25) is 0 Å². The lowest BCUT2D eigenvalue weighted by Crippen LogP contribution is -2.32. The maximum Gasteiger partial charge on any atom is 0.132 e. The normalized spacial score (nSPS) is 14.0. The minimum atomic E-state index is -0.561. The largest absolute Gasteiger partial charge is 0.457 e. The number of anilines is 3. The van der Waals surface area contributed by atoms with Gasteiger partial charge in [-0.1, -0.05) is 200 Å². The first-order valence-corrected chi connectivity index (χ1v) is 22.2. The molecule has 300 valence electrons. The van der Waals surface area contributed by atoms with Gasteiger partial charge in [-0.05, 0) is 110 Å². The average molecular weight is 816 g/mol. The molecule has 1 aliphatic heterocycles. The number of hydrogen-bond acceptors (Lipinski definition) is 2. The minimum absolute atomic E-state index is 0.522. The second-order valence-electron chi connectivity index (χ2n) is 17.1. The Morgan fingerprint density at radius 1 is 0.281 bits per heavy atom. The lowest BCUT2D eigenvalue weighted by atomic mass is 9.66. The van der Waals surface area contributed by atoms with Crippen molar-refractivity contribution in [2.24, 2.45) is 0 Å². The molecule has 13 rings (SSSR count). The molecule has 64 heavy (non-hydrogen) atoms. The van der Waals surface area contributed by atoms with Crippen molar-refractivity contribution in [3.8, 4) is 44.9 Å². The number of fused-ring (bicyclic) bond motifs is 12. The van der Waals surface area contributed by atoms with Gasteiger partial charge in [-0.25, -0.2) is 0 Å². The molecule has 2 nitrogen and oxygen atoms in total. The standard InChI is InChI=1S/C62H41NO/c1-4-20-43(21-5-1)61(44-22-6-2-7-23-44)52-29-13-10-27-48(52)51-39-37-46(41-57(51)61)63(45-24-8-3-9-25-45)58-33-17-12-26-47(58)42-36-38-50-49-28-11-14-30-53(49)62(56(50)40-42)54-31-15-18-34-59(54)64-60-35-19-16-32-55(60)62/h1-41H. The van der Waals surface area contributed by atoms with Crippen molar-refractivity contribution in [3.05, 3.63) is 293 Å². The van der Waals surface area contributed by atoms with E-state index in [-0.39, 0.29) is 0 Å². The van der Waals surface area contributed by atoms with Crippen molar-refractivity contribution in [1.29, 1.82) is 0 Å². The quantitative estimate of drug-likeness (QED) is 0.166. The molecule has 10 aromatic carbocycles. The number of ether oxygens (including phenoxy) is 1. The van der Waals surface area contributed by atoms with Crippen LogP contribution in [0.5, 0.6) is 11.5 Å². The fourth-order valence-corrected chi connectivity index (χ4v) is 11.5. The second kappa shape index (κ2) is 14.2. The molecule has 10 aromatic rings. The zero-order valence-corrected chi connectivity index (χ0v) is 35.0. The van der Waals surface area contributed by atoms with Gasteiger partial charge in [-0.2, -0.15) is 0 Å². The van der Waals surface area contributed by atoms with Crippen LogP contribution in [0.1, 0.15) is 44.5 Å². The summed E-state index contributed by atoms with van der Waals surface area (Å²) in [5.41, 5.74) is 19.5. The van der Waals surface area contributed by atoms with E-state index in [1.54, 1.807) is 0 Å². The molecule has 0 unspecified atom stereocenters. The highest BCUT2D eigenvalue weighted by Gasteiger charge is 2.51. The molecule has 0 bridgehead atoms. The molecule has 0 amide bonds. The Labute approximate surface area is 374 Å². The Kier molecular flexibility index (Phi) is 8.07. The molecule has 0 aromatic heterocycles. The van der Waals surface area contributed by atoms with E-state index in [1.807, 2.05) is 0 Å². The van der Waals surface area contributed by atoms with E-state index >= 15 is 0 Å². The molecule has 1 heterocycles. The molecule has 2 aliphatic carbocycles. The topological polar surface area (TPSA) is 12.5 Å². The molecule has 0 radical (unpaired) electrons. The predicted octanol–water partition coefficient (Wildman–Crippen LogP) is 15.7. The molecule has 0 fully saturated rings. The van der Waals surface area contributed by atoms with E-state index in [2.05, 4.69) is 254 Å². The SMILES string of the molecule is c1ccc(N(c2ccc3c(c2)C(c2ccccc2)(c2ccccc2)c2ccccc2-3)c2ccccc2-c2ccc3c(c2)C2(c4ccccc4Oc4ccccc42)c2ccccc2-3)cc1. The van der Waals surface area contributed by atoms with Crippen LogP contribution in [0.2, 0.25) is 0 Å². The number of para-hydroxylation sites is 4. The predicted molar refractivity (Wildman–Crippen MR) is 261 cm³/mol. The molecule has 3 aliphatic rings. The van der Waals surface area contributed by atoms with Gasteiger partial charge < -0.3 is 9.64 Å². The van der Waals surface area contributed by atoms with Gasteiger partial charge in [0.1, 0.15) is 11.5 Å². The average Bonchev–Trinajstić information content (AvgIpc) is 3.83. The summed E-state index contributed by atoms with van der Waals surface area (Å²) in [5, 5.41) is 0. The summed E-state index contributed by atoms with van der Waals surface area (Å²) in [6.07, 6.45) is 0. The lowest BCUT2D eigenvalue weighted by molar-refractivity contribution is 0.436. The first kappa shape index (κ1) is 36.5. The lowest BCUT2D eigenvalue weighted by Gasteiger charge is -2.39. The van der Waals surface area contributed by atoms with Crippen LogP contribution < -0.4 is 9.64 Å². The fourth-order valence-electron chi connectivity index (χ4n) is 11.5. The molecule has 0 atom stereocenters. The van der Waals surface area contributed by atoms with Crippen LogP contribution >= 0.6 is 0 Å². The molecular formula is C62H41NO. The van der Waals surface area contributed by atoms with Gasteiger partial charge in [0.15, 0.2) is 0 Å². The summed E-state index contributed by atoms with van der Waals surface area (Å²) in [7, 11) is 0. The van der Waals surface area contributed by atoms with Gasteiger partial charge >= 0.3 is 0 Å². The maximum atomic E-state index is 6.67. The Morgan fingerprint density at radius 2 is 0.719 bits per heavy atom. The summed E-state index contributed by atoms with van der Waals surface area (Å²) in [6.45, 7) is 0. The summed E-state index contributed by atoms with van der Waals surface area (Å²) >= 11 is 0. The van der Waals surface area contributed by atoms with Crippen molar-refractivity contribution in [3.63, 3.8) is 0 Å². The highest BCUT2D eigenvalue weighted by molar-refractivity contribution is 5.95. The van der Waals surface area contributed by atoms with Gasteiger partial charge in [0.25, 0.3) is 0 Å². The summed E-state index contributed by atoms with van der Waals surface area (Å²) in [6, 6.07) is 91.3. The van der Waals surface area contributed by atoms with Crippen LogP contribution in [-0.2, 0) is 10.8 Å². The summed E-state index contributed by atoms with van der Waals surface area (Å²) in [5.74, 6) is 1.79. The van der Waals surface area contributed by atoms with Gasteiger partial charge in [0.2, 0.25) is 0 Å². The molecule has 0 saturated carbocycles. The minimum Gasteiger partial charge on any atom is -0.457 e. The van der Waals surface area contributed by atoms with Gasteiger partial charge in [-0.15, -0.1) is 0 Å². The van der Waals surface area contributed by atoms with Crippen molar-refractivity contribution in [2.45, 2.75) is 10.8 Å². The first-order chi connectivity index (χ1) is 31.8. The van der Waals surface area contributed by atoms with E-state index in [4.69, 9.17) is 4.74 Å². The zero-order valence-electron chi connectivity index (χ0n) is 35.0. The third-order valence-corrected chi connectivity index (χ3v) is 14.0. The Balaban J connectivity index is 1.05. The monoisotopic (exact) mass is 815 g/mol. The third-order valence-electron chi connectivity index (χ3n) is 14.0. The van der Waals surface area contributed by atoms with Crippen LogP contribution in [0.25, 0.3) is 33.4 Å². The van der Waals surface area contributed by atoms with E-state index in [0.717, 1.165) is 50.8 Å². The molecule has 0 saturated heterocycles. The molecular weight excluding hydrogens is 775 g/mol. The number of rotatable bonds is 6. The van der Waals surface area contributed by atoms with Crippen LogP contribution in [0, 0.1) is 0 Å². The third kappa shape index (κ3) is 5.02. The second-order valence-corrected chi connectivity index (χ2v) is 17.1. The Morgan fingerprint density at radius 3 is 1.33 bits per heavy atom. The van der Waals surface area contributed by atoms with E-state index in [0.29, 0.717) is 0 Å². The highest BCUT2D eigenvalue weighted by Crippen LogP contribution is 2.63. The van der Waals surface area contributed by atoms with E-state index in [1.165, 1.54) is 55.6 Å². The Hall–Kier alpha value is -8.20. The molecule has 0 N–H and O–H groups in total. The number of benzene rings is 10. The maximum absolute atomic E-state index is 6.67. The first-order valence-electron chi connectivity index (χ1n) is 22.2. The number of nitrogens with zero attached hydrogens (tertiary/aromatic N) is 1. The van der Waals surface area contributed by atoms with Gasteiger partial charge in [0.05, 0.1) is 16.5 Å². The Bertz CT molecular complexity index is 3340. The smallest absolute Gasteiger partial charge is 0.132 e. The van der Waals surface area contributed by atoms with E-state index < -0.39 is 10.8 Å². The fraction of sp³-hybridized carbons (Fsp3) is 0.0323.